The fourth-order valence-corrected chi connectivity index (χ4v) is 2.88. The maximum atomic E-state index is 10.3. The fourth-order valence-electron chi connectivity index (χ4n) is 2.88. The highest BCUT2D eigenvalue weighted by molar-refractivity contribution is 5.77. The number of fused-ring (bicyclic) bond motifs is 1. The average molecular weight is 259 g/mol. The molecule has 2 heterocycles. The van der Waals surface area contributed by atoms with Crippen molar-refractivity contribution < 1.29 is 9.52 Å². The molecule has 1 aliphatic heterocycles. The van der Waals surface area contributed by atoms with Crippen LogP contribution in [0.2, 0.25) is 0 Å². The Kier molecular flexibility index (Phi) is 3.11. The van der Waals surface area contributed by atoms with Crippen LogP contribution < -0.4 is 0 Å². The molecule has 0 radical (unpaired) electrons. The first-order valence-corrected chi connectivity index (χ1v) is 6.92. The molecule has 102 valence electrons. The molecule has 1 saturated heterocycles. The third-order valence-electron chi connectivity index (χ3n) is 3.96. The van der Waals surface area contributed by atoms with Crippen molar-refractivity contribution in [2.24, 2.45) is 5.41 Å². The van der Waals surface area contributed by atoms with Gasteiger partial charge in [0.1, 0.15) is 17.4 Å². The van der Waals surface area contributed by atoms with Gasteiger partial charge in [0.05, 0.1) is 0 Å². The highest BCUT2D eigenvalue weighted by Gasteiger charge is 2.30. The van der Waals surface area contributed by atoms with Crippen LogP contribution in [0.5, 0.6) is 0 Å². The lowest BCUT2D eigenvalue weighted by Gasteiger charge is -2.21. The van der Waals surface area contributed by atoms with Crippen molar-refractivity contribution in [1.82, 2.24) is 4.90 Å². The van der Waals surface area contributed by atoms with Gasteiger partial charge in [0.2, 0.25) is 0 Å². The van der Waals surface area contributed by atoms with Crippen molar-refractivity contribution in [3.8, 4) is 0 Å². The molecule has 1 N–H and O–H groups in total. The van der Waals surface area contributed by atoms with E-state index in [-0.39, 0.29) is 0 Å². The number of β-amino-alcohol motifs (C(OH)–C–C–N with tert-alkyl or cyclic N) is 1. The molecule has 3 heteroatoms. The zero-order chi connectivity index (χ0) is 13.5. The topological polar surface area (TPSA) is 36.6 Å². The molecule has 1 fully saturated rings. The number of aliphatic hydroxyl groups is 1. The maximum Gasteiger partial charge on any atom is 0.135 e. The molecule has 1 aromatic heterocycles. The van der Waals surface area contributed by atoms with Gasteiger partial charge in [0.15, 0.2) is 0 Å². The number of para-hydroxylation sites is 1. The predicted molar refractivity (Wildman–Crippen MR) is 76.0 cm³/mol. The summed E-state index contributed by atoms with van der Waals surface area (Å²) in [5.41, 5.74) is 1.21. The SMILES string of the molecule is CC1(C)CCN(CC(O)c2cc3ccccc3o2)C1. The Morgan fingerprint density at radius 3 is 2.84 bits per heavy atom. The van der Waals surface area contributed by atoms with E-state index < -0.39 is 6.10 Å². The van der Waals surface area contributed by atoms with E-state index in [4.69, 9.17) is 4.42 Å². The lowest BCUT2D eigenvalue weighted by molar-refractivity contribution is 0.103. The van der Waals surface area contributed by atoms with E-state index in [1.807, 2.05) is 30.3 Å². The zero-order valence-electron chi connectivity index (χ0n) is 11.6. The van der Waals surface area contributed by atoms with Gasteiger partial charge < -0.3 is 9.52 Å². The number of hydrogen-bond acceptors (Lipinski definition) is 3. The van der Waals surface area contributed by atoms with Gasteiger partial charge in [-0.25, -0.2) is 0 Å². The highest BCUT2D eigenvalue weighted by atomic mass is 16.4. The molecule has 1 atom stereocenters. The molecule has 0 spiro atoms. The van der Waals surface area contributed by atoms with Gasteiger partial charge in [-0.1, -0.05) is 32.0 Å². The van der Waals surface area contributed by atoms with E-state index in [1.54, 1.807) is 0 Å². The molecule has 3 rings (SSSR count). The normalized spacial score (nSPS) is 21.0. The summed E-state index contributed by atoms with van der Waals surface area (Å²) in [6.07, 6.45) is 0.654. The smallest absolute Gasteiger partial charge is 0.135 e. The standard InChI is InChI=1S/C16H21NO2/c1-16(2)7-8-17(11-16)10-13(18)15-9-12-5-3-4-6-14(12)19-15/h3-6,9,13,18H,7-8,10-11H2,1-2H3. The Balaban J connectivity index is 1.72. The second-order valence-corrected chi connectivity index (χ2v) is 6.35. The van der Waals surface area contributed by atoms with Gasteiger partial charge in [-0.15, -0.1) is 0 Å². The van der Waals surface area contributed by atoms with Crippen molar-refractivity contribution in [3.05, 3.63) is 36.1 Å². The molecule has 1 unspecified atom stereocenters. The summed E-state index contributed by atoms with van der Waals surface area (Å²) < 4.78 is 5.72. The van der Waals surface area contributed by atoms with Crippen molar-refractivity contribution in [2.45, 2.75) is 26.4 Å². The van der Waals surface area contributed by atoms with Crippen LogP contribution in [0.15, 0.2) is 34.7 Å². The molecule has 0 aliphatic carbocycles. The maximum absolute atomic E-state index is 10.3. The number of nitrogens with zero attached hydrogens (tertiary/aromatic N) is 1. The lowest BCUT2D eigenvalue weighted by atomic mass is 9.93. The Bertz CT molecular complexity index is 540. The molecule has 0 bridgehead atoms. The number of likely N-dealkylation sites (tertiary alicyclic amines) is 1. The van der Waals surface area contributed by atoms with Crippen molar-refractivity contribution in [2.75, 3.05) is 19.6 Å². The van der Waals surface area contributed by atoms with Gasteiger partial charge in [-0.05, 0) is 30.5 Å². The van der Waals surface area contributed by atoms with Crippen LogP contribution in [0.3, 0.4) is 0 Å². The van der Waals surface area contributed by atoms with Crippen LogP contribution in [-0.4, -0.2) is 29.6 Å². The van der Waals surface area contributed by atoms with Crippen LogP contribution in [0.1, 0.15) is 32.1 Å². The molecular weight excluding hydrogens is 238 g/mol. The number of furan rings is 1. The Morgan fingerprint density at radius 2 is 2.16 bits per heavy atom. The zero-order valence-corrected chi connectivity index (χ0v) is 11.6. The number of benzene rings is 1. The highest BCUT2D eigenvalue weighted by Crippen LogP contribution is 2.31. The summed E-state index contributed by atoms with van der Waals surface area (Å²) >= 11 is 0. The summed E-state index contributed by atoms with van der Waals surface area (Å²) in [5.74, 6) is 0.672. The van der Waals surface area contributed by atoms with Gasteiger partial charge in [-0.2, -0.15) is 0 Å². The van der Waals surface area contributed by atoms with Gasteiger partial charge in [0, 0.05) is 18.5 Å². The quantitative estimate of drug-likeness (QED) is 0.919. The largest absolute Gasteiger partial charge is 0.458 e. The van der Waals surface area contributed by atoms with Crippen LogP contribution in [0, 0.1) is 5.41 Å². The van der Waals surface area contributed by atoms with E-state index in [9.17, 15) is 5.11 Å². The molecule has 3 nitrogen and oxygen atoms in total. The Labute approximate surface area is 113 Å². The number of rotatable bonds is 3. The Morgan fingerprint density at radius 1 is 1.37 bits per heavy atom. The second-order valence-electron chi connectivity index (χ2n) is 6.35. The number of aliphatic hydroxyl groups excluding tert-OH is 1. The Hall–Kier alpha value is -1.32. The summed E-state index contributed by atoms with van der Waals surface area (Å²) in [4.78, 5) is 2.32. The van der Waals surface area contributed by atoms with Crippen LogP contribution in [0.4, 0.5) is 0 Å². The molecular formula is C16H21NO2. The van der Waals surface area contributed by atoms with Crippen LogP contribution >= 0.6 is 0 Å². The van der Waals surface area contributed by atoms with E-state index in [2.05, 4.69) is 18.7 Å². The van der Waals surface area contributed by atoms with Crippen LogP contribution in [-0.2, 0) is 0 Å². The first-order chi connectivity index (χ1) is 9.03. The predicted octanol–water partition coefficient (Wildman–Crippen LogP) is 3.20. The van der Waals surface area contributed by atoms with Gasteiger partial charge in [0.25, 0.3) is 0 Å². The monoisotopic (exact) mass is 259 g/mol. The summed E-state index contributed by atoms with van der Waals surface area (Å²) in [6, 6.07) is 9.82. The third-order valence-corrected chi connectivity index (χ3v) is 3.96. The number of hydrogen-bond donors (Lipinski definition) is 1. The summed E-state index contributed by atoms with van der Waals surface area (Å²) in [6.45, 7) is 7.32. The molecule has 0 saturated carbocycles. The minimum Gasteiger partial charge on any atom is -0.458 e. The summed E-state index contributed by atoms with van der Waals surface area (Å²) in [7, 11) is 0. The third kappa shape index (κ3) is 2.67. The van der Waals surface area contributed by atoms with Gasteiger partial charge >= 0.3 is 0 Å². The van der Waals surface area contributed by atoms with Crippen molar-refractivity contribution in [3.63, 3.8) is 0 Å². The van der Waals surface area contributed by atoms with E-state index in [0.29, 0.717) is 17.7 Å². The van der Waals surface area contributed by atoms with Crippen LogP contribution in [0.25, 0.3) is 11.0 Å². The first-order valence-electron chi connectivity index (χ1n) is 6.92. The molecule has 1 aliphatic rings. The summed E-state index contributed by atoms with van der Waals surface area (Å²) in [5, 5.41) is 11.4. The minimum absolute atomic E-state index is 0.369. The molecule has 0 amide bonds. The minimum atomic E-state index is -0.540. The van der Waals surface area contributed by atoms with Crippen molar-refractivity contribution >= 4 is 11.0 Å². The van der Waals surface area contributed by atoms with Crippen molar-refractivity contribution in [1.29, 1.82) is 0 Å². The van der Waals surface area contributed by atoms with Gasteiger partial charge in [-0.3, -0.25) is 4.90 Å². The molecule has 2 aromatic rings. The van der Waals surface area contributed by atoms with E-state index in [1.165, 1.54) is 6.42 Å². The molecule has 1 aromatic carbocycles. The average Bonchev–Trinajstić information content (AvgIpc) is 2.92. The second kappa shape index (κ2) is 4.66. The van der Waals surface area contributed by atoms with E-state index >= 15 is 0 Å². The van der Waals surface area contributed by atoms with E-state index in [0.717, 1.165) is 24.1 Å². The lowest BCUT2D eigenvalue weighted by Crippen LogP contribution is -2.28. The molecule has 19 heavy (non-hydrogen) atoms. The fraction of sp³-hybridized carbons (Fsp3) is 0.500. The first kappa shape index (κ1) is 12.7.